The normalized spacial score (nSPS) is 10.6. The minimum Gasteiger partial charge on any atom is -0.497 e. The number of ether oxygens (including phenoxy) is 1. The molecule has 0 heterocycles. The van der Waals surface area contributed by atoms with Crippen LogP contribution in [0.2, 0.25) is 0 Å². The third-order valence-electron chi connectivity index (χ3n) is 2.77. The van der Waals surface area contributed by atoms with Crippen molar-refractivity contribution in [1.82, 2.24) is 4.81 Å². The highest BCUT2D eigenvalue weighted by atomic mass is 35.5. The Morgan fingerprint density at radius 3 is 2.19 bits per heavy atom. The van der Waals surface area contributed by atoms with Crippen molar-refractivity contribution in [1.29, 1.82) is 0 Å². The van der Waals surface area contributed by atoms with E-state index < -0.39 is 0 Å². The maximum absolute atomic E-state index is 6.35. The van der Waals surface area contributed by atoms with Crippen LogP contribution in [0.15, 0.2) is 24.3 Å². The number of hydrogen-bond acceptors (Lipinski definition) is 2. The maximum atomic E-state index is 6.35. The second kappa shape index (κ2) is 6.82. The van der Waals surface area contributed by atoms with Gasteiger partial charge < -0.3 is 9.55 Å². The van der Waals surface area contributed by atoms with Gasteiger partial charge in [-0.05, 0) is 31.5 Å². The zero-order valence-corrected chi connectivity index (χ0v) is 11.0. The average molecular weight is 240 g/mol. The SMILES string of the molecule is CCN(CC)B(Cl)Cc1ccc(OC)cc1. The van der Waals surface area contributed by atoms with Gasteiger partial charge in [0.25, 0.3) is 0 Å². The minimum atomic E-state index is 0.0726. The molecular formula is C12H19BClNO. The van der Waals surface area contributed by atoms with Crippen LogP contribution in [0.3, 0.4) is 0 Å². The van der Waals surface area contributed by atoms with Crippen LogP contribution < -0.4 is 4.74 Å². The predicted octanol–water partition coefficient (Wildman–Crippen LogP) is 2.85. The molecule has 0 amide bonds. The van der Waals surface area contributed by atoms with Gasteiger partial charge in [-0.1, -0.05) is 31.5 Å². The standard InChI is InChI=1S/C12H19BClNO/c1-4-15(5-2)13(14)10-11-6-8-12(16-3)9-7-11/h6-9H,4-5,10H2,1-3H3. The van der Waals surface area contributed by atoms with Crippen LogP contribution in [0, 0.1) is 0 Å². The summed E-state index contributed by atoms with van der Waals surface area (Å²) < 4.78 is 5.12. The lowest BCUT2D eigenvalue weighted by Gasteiger charge is -2.21. The number of benzene rings is 1. The first-order valence-corrected chi connectivity index (χ1v) is 6.16. The fourth-order valence-electron chi connectivity index (χ4n) is 1.71. The molecule has 2 nitrogen and oxygen atoms in total. The van der Waals surface area contributed by atoms with E-state index in [2.05, 4.69) is 30.8 Å². The molecule has 0 aromatic heterocycles. The van der Waals surface area contributed by atoms with Crippen LogP contribution in [0.4, 0.5) is 0 Å². The smallest absolute Gasteiger partial charge is 0.335 e. The fourth-order valence-corrected chi connectivity index (χ4v) is 2.16. The number of halogens is 1. The number of nitrogens with zero attached hydrogens (tertiary/aromatic N) is 1. The maximum Gasteiger partial charge on any atom is 0.335 e. The van der Waals surface area contributed by atoms with Gasteiger partial charge in [-0.3, -0.25) is 0 Å². The van der Waals surface area contributed by atoms with E-state index in [9.17, 15) is 0 Å². The summed E-state index contributed by atoms with van der Waals surface area (Å²) in [6, 6.07) is 8.08. The quantitative estimate of drug-likeness (QED) is 0.708. The molecule has 1 rings (SSSR count). The highest BCUT2D eigenvalue weighted by Gasteiger charge is 2.18. The Morgan fingerprint density at radius 2 is 1.75 bits per heavy atom. The minimum absolute atomic E-state index is 0.0726. The van der Waals surface area contributed by atoms with E-state index in [1.807, 2.05) is 12.1 Å². The van der Waals surface area contributed by atoms with Crippen molar-refractivity contribution in [3.05, 3.63) is 29.8 Å². The molecule has 0 saturated carbocycles. The highest BCUT2D eigenvalue weighted by molar-refractivity contribution is 7.04. The Hall–Kier alpha value is -0.665. The molecule has 0 aliphatic heterocycles. The number of hydrogen-bond donors (Lipinski definition) is 0. The molecule has 0 N–H and O–H groups in total. The molecular weight excluding hydrogens is 220 g/mol. The third-order valence-corrected chi connectivity index (χ3v) is 3.20. The molecule has 16 heavy (non-hydrogen) atoms. The molecule has 0 aliphatic carbocycles. The van der Waals surface area contributed by atoms with Crippen LogP contribution in [0.1, 0.15) is 19.4 Å². The zero-order chi connectivity index (χ0) is 12.0. The lowest BCUT2D eigenvalue weighted by atomic mass is 9.80. The van der Waals surface area contributed by atoms with Gasteiger partial charge in [-0.2, -0.15) is 11.5 Å². The predicted molar refractivity (Wildman–Crippen MR) is 71.2 cm³/mol. The highest BCUT2D eigenvalue weighted by Crippen LogP contribution is 2.14. The number of methoxy groups -OCH3 is 1. The van der Waals surface area contributed by atoms with E-state index in [0.717, 1.165) is 25.2 Å². The molecule has 4 heteroatoms. The van der Waals surface area contributed by atoms with Crippen molar-refractivity contribution in [2.75, 3.05) is 20.2 Å². The van der Waals surface area contributed by atoms with Crippen molar-refractivity contribution in [3.63, 3.8) is 0 Å². The Bertz CT molecular complexity index is 300. The van der Waals surface area contributed by atoms with Gasteiger partial charge in [0.15, 0.2) is 0 Å². The molecule has 1 aromatic rings. The van der Waals surface area contributed by atoms with E-state index in [0.29, 0.717) is 0 Å². The monoisotopic (exact) mass is 239 g/mol. The summed E-state index contributed by atoms with van der Waals surface area (Å²) in [5, 5.41) is 0. The van der Waals surface area contributed by atoms with E-state index in [1.165, 1.54) is 5.56 Å². The van der Waals surface area contributed by atoms with E-state index in [-0.39, 0.29) is 6.26 Å². The van der Waals surface area contributed by atoms with E-state index in [1.54, 1.807) is 7.11 Å². The summed E-state index contributed by atoms with van der Waals surface area (Å²) in [5.41, 5.74) is 1.24. The molecule has 0 aliphatic rings. The summed E-state index contributed by atoms with van der Waals surface area (Å²) >= 11 is 6.35. The Balaban J connectivity index is 2.58. The molecule has 1 aromatic carbocycles. The van der Waals surface area contributed by atoms with E-state index in [4.69, 9.17) is 16.2 Å². The van der Waals surface area contributed by atoms with Gasteiger partial charge in [0.05, 0.1) is 7.11 Å². The molecule has 0 atom stereocenters. The van der Waals surface area contributed by atoms with Gasteiger partial charge >= 0.3 is 6.26 Å². The Kier molecular flexibility index (Phi) is 5.71. The van der Waals surface area contributed by atoms with Gasteiger partial charge in [0.1, 0.15) is 5.75 Å². The summed E-state index contributed by atoms with van der Waals surface area (Å²) in [6.07, 6.45) is 0.941. The molecule has 0 fully saturated rings. The third kappa shape index (κ3) is 3.73. The van der Waals surface area contributed by atoms with Crippen molar-refractivity contribution in [2.24, 2.45) is 0 Å². The summed E-state index contributed by atoms with van der Waals surface area (Å²) in [4.78, 5) is 2.24. The molecule has 0 saturated heterocycles. The lowest BCUT2D eigenvalue weighted by molar-refractivity contribution is 0.414. The van der Waals surface area contributed by atoms with Gasteiger partial charge in [-0.25, -0.2) is 0 Å². The van der Waals surface area contributed by atoms with E-state index >= 15 is 0 Å². The topological polar surface area (TPSA) is 12.5 Å². The van der Waals surface area contributed by atoms with Crippen molar-refractivity contribution < 1.29 is 4.74 Å². The summed E-state index contributed by atoms with van der Waals surface area (Å²) in [6.45, 7) is 6.24. The fraction of sp³-hybridized carbons (Fsp3) is 0.500. The largest absolute Gasteiger partial charge is 0.497 e. The first-order chi connectivity index (χ1) is 7.71. The summed E-state index contributed by atoms with van der Waals surface area (Å²) in [7, 11) is 1.68. The first-order valence-electron chi connectivity index (χ1n) is 5.72. The van der Waals surface area contributed by atoms with Gasteiger partial charge in [0, 0.05) is 0 Å². The first kappa shape index (κ1) is 13.4. The summed E-state index contributed by atoms with van der Waals surface area (Å²) in [5.74, 6) is 0.887. The second-order valence-corrected chi connectivity index (χ2v) is 4.21. The lowest BCUT2D eigenvalue weighted by Crippen LogP contribution is -2.36. The molecule has 0 unspecified atom stereocenters. The number of rotatable bonds is 6. The van der Waals surface area contributed by atoms with Gasteiger partial charge in [0.2, 0.25) is 0 Å². The zero-order valence-electron chi connectivity index (χ0n) is 10.2. The van der Waals surface area contributed by atoms with Crippen LogP contribution in [-0.2, 0) is 6.32 Å². The van der Waals surface area contributed by atoms with Crippen LogP contribution in [0.25, 0.3) is 0 Å². The Labute approximate surface area is 104 Å². The molecule has 0 radical (unpaired) electrons. The van der Waals surface area contributed by atoms with Gasteiger partial charge in [-0.15, -0.1) is 0 Å². The molecule has 88 valence electrons. The van der Waals surface area contributed by atoms with Crippen LogP contribution in [-0.4, -0.2) is 31.3 Å². The van der Waals surface area contributed by atoms with Crippen molar-refractivity contribution in [2.45, 2.75) is 20.2 Å². The van der Waals surface area contributed by atoms with Crippen LogP contribution in [0.5, 0.6) is 5.75 Å². The van der Waals surface area contributed by atoms with Crippen LogP contribution >= 0.6 is 11.5 Å². The van der Waals surface area contributed by atoms with Crippen molar-refractivity contribution in [3.8, 4) is 5.75 Å². The average Bonchev–Trinajstić information content (AvgIpc) is 2.31. The Morgan fingerprint density at radius 1 is 1.19 bits per heavy atom. The molecule has 0 bridgehead atoms. The second-order valence-electron chi connectivity index (χ2n) is 3.71. The molecule has 0 spiro atoms. The van der Waals surface area contributed by atoms with Crippen molar-refractivity contribution >= 4 is 17.7 Å².